The highest BCUT2D eigenvalue weighted by atomic mass is 19.3. The lowest BCUT2D eigenvalue weighted by molar-refractivity contribution is 0.0392. The van der Waals surface area contributed by atoms with Gasteiger partial charge in [0.1, 0.15) is 11.4 Å². The number of nitrogens with one attached hydrogen (secondary N) is 1. The third kappa shape index (κ3) is 3.19. The number of aromatic hydroxyl groups is 1. The number of phenolic OH excluding ortho intramolecular Hbond substituents is 1. The van der Waals surface area contributed by atoms with E-state index in [4.69, 9.17) is 4.74 Å². The van der Waals surface area contributed by atoms with Crippen LogP contribution in [0.15, 0.2) is 42.5 Å². The molecule has 29 heavy (non-hydrogen) atoms. The second-order valence-corrected chi connectivity index (χ2v) is 7.83. The molecule has 150 valence electrons. The summed E-state index contributed by atoms with van der Waals surface area (Å²) in [7, 11) is 0. The van der Waals surface area contributed by atoms with Crippen molar-refractivity contribution in [2.75, 3.05) is 18.5 Å². The van der Waals surface area contributed by atoms with E-state index in [1.165, 1.54) is 12.1 Å². The van der Waals surface area contributed by atoms with E-state index in [1.54, 1.807) is 0 Å². The summed E-state index contributed by atoms with van der Waals surface area (Å²) >= 11 is 0. The summed E-state index contributed by atoms with van der Waals surface area (Å²) in [5.74, 6) is 1.42. The van der Waals surface area contributed by atoms with Crippen LogP contribution >= 0.6 is 0 Å². The van der Waals surface area contributed by atoms with Gasteiger partial charge in [-0.25, -0.2) is 8.78 Å². The molecule has 1 aromatic heterocycles. The Hall–Kier alpha value is -2.80. The Kier molecular flexibility index (Phi) is 4.54. The van der Waals surface area contributed by atoms with Crippen LogP contribution in [0.3, 0.4) is 0 Å². The van der Waals surface area contributed by atoms with E-state index in [9.17, 15) is 13.9 Å². The number of hydrogen-bond acceptors (Lipinski definition) is 5. The molecule has 2 N–H and O–H groups in total. The van der Waals surface area contributed by atoms with Crippen LogP contribution in [0.2, 0.25) is 0 Å². The van der Waals surface area contributed by atoms with Gasteiger partial charge in [0, 0.05) is 39.8 Å². The van der Waals surface area contributed by atoms with Gasteiger partial charge in [-0.3, -0.25) is 0 Å². The van der Waals surface area contributed by atoms with Gasteiger partial charge in [-0.05, 0) is 25.0 Å². The number of phenols is 1. The molecule has 0 radical (unpaired) electrons. The predicted molar refractivity (Wildman–Crippen MR) is 106 cm³/mol. The molecule has 2 fully saturated rings. The van der Waals surface area contributed by atoms with Gasteiger partial charge in [-0.2, -0.15) is 0 Å². The number of hydrogen-bond donors (Lipinski definition) is 2. The summed E-state index contributed by atoms with van der Waals surface area (Å²) in [6, 6.07) is 11.9. The van der Waals surface area contributed by atoms with Crippen LogP contribution in [0.25, 0.3) is 22.0 Å². The number of alkyl halides is 2. The van der Waals surface area contributed by atoms with Gasteiger partial charge in [0.2, 0.25) is 0 Å². The monoisotopic (exact) mass is 397 g/mol. The van der Waals surface area contributed by atoms with Crippen LogP contribution in [-0.2, 0) is 4.74 Å². The first-order valence-electron chi connectivity index (χ1n) is 9.83. The molecular weight excluding hydrogens is 376 g/mol. The number of fused-ring (bicyclic) bond motifs is 3. The third-order valence-electron chi connectivity index (χ3n) is 6.11. The van der Waals surface area contributed by atoms with Gasteiger partial charge < -0.3 is 15.2 Å². The van der Waals surface area contributed by atoms with Crippen LogP contribution in [0, 0.1) is 11.8 Å². The number of aromatic nitrogens is 2. The highest BCUT2D eigenvalue weighted by Crippen LogP contribution is 2.40. The molecule has 5 rings (SSSR count). The fourth-order valence-corrected chi connectivity index (χ4v) is 4.60. The largest absolute Gasteiger partial charge is 0.507 e. The molecule has 1 saturated heterocycles. The Morgan fingerprint density at radius 2 is 1.72 bits per heavy atom. The normalized spacial score (nSPS) is 23.6. The fourth-order valence-electron chi connectivity index (χ4n) is 4.60. The smallest absolute Gasteiger partial charge is 0.263 e. The molecule has 0 spiro atoms. The molecule has 2 atom stereocenters. The van der Waals surface area contributed by atoms with E-state index in [0.717, 1.165) is 42.9 Å². The van der Waals surface area contributed by atoms with Crippen LogP contribution in [0.5, 0.6) is 5.75 Å². The van der Waals surface area contributed by atoms with Crippen molar-refractivity contribution in [3.8, 4) is 17.0 Å². The van der Waals surface area contributed by atoms with E-state index in [2.05, 4.69) is 15.5 Å². The molecule has 1 aliphatic heterocycles. The minimum atomic E-state index is -2.64. The lowest BCUT2D eigenvalue weighted by Crippen LogP contribution is -2.39. The number of benzene rings is 2. The first-order chi connectivity index (χ1) is 14.1. The van der Waals surface area contributed by atoms with Gasteiger partial charge in [0.25, 0.3) is 6.43 Å². The lowest BCUT2D eigenvalue weighted by Gasteiger charge is -2.31. The fraction of sp³-hybridized carbons (Fsp3) is 0.364. The van der Waals surface area contributed by atoms with Gasteiger partial charge in [-0.15, -0.1) is 10.2 Å². The highest BCUT2D eigenvalue weighted by molar-refractivity contribution is 6.00. The van der Waals surface area contributed by atoms with Crippen molar-refractivity contribution in [2.45, 2.75) is 25.3 Å². The zero-order valence-electron chi connectivity index (χ0n) is 15.7. The van der Waals surface area contributed by atoms with Crippen molar-refractivity contribution < 1.29 is 18.6 Å². The maximum absolute atomic E-state index is 12.9. The van der Waals surface area contributed by atoms with Crippen molar-refractivity contribution in [3.05, 3.63) is 48.0 Å². The standard InChI is InChI=1S/C22H21F2N3O2/c23-21(24)12-7-8-17(18(28)9-12)20-15-3-1-2-4-16(15)22(27-26-20)25-19-13-5-6-14(19)11-29-10-13/h1-4,7-9,13-14,19,21,28H,5-6,10-11H2,(H,25,27). The summed E-state index contributed by atoms with van der Waals surface area (Å²) in [4.78, 5) is 0. The van der Waals surface area contributed by atoms with Gasteiger partial charge >= 0.3 is 0 Å². The van der Waals surface area contributed by atoms with E-state index in [0.29, 0.717) is 35.0 Å². The Morgan fingerprint density at radius 1 is 1.00 bits per heavy atom. The van der Waals surface area contributed by atoms with Crippen molar-refractivity contribution in [2.24, 2.45) is 11.8 Å². The lowest BCUT2D eigenvalue weighted by atomic mass is 9.96. The second kappa shape index (κ2) is 7.22. The topological polar surface area (TPSA) is 67.3 Å². The molecule has 2 aliphatic rings. The molecule has 2 bridgehead atoms. The van der Waals surface area contributed by atoms with Crippen molar-refractivity contribution in [1.82, 2.24) is 10.2 Å². The molecule has 2 aromatic carbocycles. The average Bonchev–Trinajstić information content (AvgIpc) is 2.94. The van der Waals surface area contributed by atoms with Gasteiger partial charge in [0.15, 0.2) is 5.82 Å². The quantitative estimate of drug-likeness (QED) is 0.663. The Bertz CT molecular complexity index is 1040. The summed E-state index contributed by atoms with van der Waals surface area (Å²) in [5.41, 5.74) is 0.631. The number of nitrogens with zero attached hydrogens (tertiary/aromatic N) is 2. The van der Waals surface area contributed by atoms with Crippen LogP contribution in [0.4, 0.5) is 14.6 Å². The zero-order valence-corrected chi connectivity index (χ0v) is 15.7. The number of rotatable bonds is 4. The van der Waals surface area contributed by atoms with Crippen LogP contribution < -0.4 is 5.32 Å². The first-order valence-corrected chi connectivity index (χ1v) is 9.83. The van der Waals surface area contributed by atoms with Gasteiger partial charge in [-0.1, -0.05) is 30.3 Å². The van der Waals surface area contributed by atoms with E-state index < -0.39 is 6.43 Å². The molecule has 1 saturated carbocycles. The average molecular weight is 397 g/mol. The Balaban J connectivity index is 1.55. The van der Waals surface area contributed by atoms with Gasteiger partial charge in [0.05, 0.1) is 13.2 Å². The van der Waals surface area contributed by atoms with E-state index in [-0.39, 0.29) is 11.3 Å². The van der Waals surface area contributed by atoms with Crippen molar-refractivity contribution in [3.63, 3.8) is 0 Å². The number of halogens is 2. The third-order valence-corrected chi connectivity index (χ3v) is 6.11. The zero-order chi connectivity index (χ0) is 20.0. The Morgan fingerprint density at radius 3 is 2.41 bits per heavy atom. The summed E-state index contributed by atoms with van der Waals surface area (Å²) in [5, 5.41) is 24.4. The summed E-state index contributed by atoms with van der Waals surface area (Å²) < 4.78 is 31.5. The number of anilines is 1. The molecule has 2 heterocycles. The predicted octanol–water partition coefficient (Wildman–Crippen LogP) is 4.78. The SMILES string of the molecule is Oc1cc(C(F)F)ccc1-c1nnc(NC2C3CCC2COC3)c2ccccc12. The van der Waals surface area contributed by atoms with Crippen molar-refractivity contribution in [1.29, 1.82) is 0 Å². The molecule has 0 amide bonds. The van der Waals surface area contributed by atoms with E-state index >= 15 is 0 Å². The maximum atomic E-state index is 12.9. The molecule has 7 heteroatoms. The molecule has 1 aliphatic carbocycles. The first kappa shape index (κ1) is 18.2. The minimum absolute atomic E-state index is 0.225. The van der Waals surface area contributed by atoms with Crippen LogP contribution in [0.1, 0.15) is 24.8 Å². The molecular formula is C22H21F2N3O2. The van der Waals surface area contributed by atoms with E-state index in [1.807, 2.05) is 24.3 Å². The second-order valence-electron chi connectivity index (χ2n) is 7.83. The summed E-state index contributed by atoms with van der Waals surface area (Å²) in [6.07, 6.45) is -0.342. The van der Waals surface area contributed by atoms with Crippen molar-refractivity contribution >= 4 is 16.6 Å². The summed E-state index contributed by atoms with van der Waals surface area (Å²) in [6.45, 7) is 1.53. The number of ether oxygens (including phenoxy) is 1. The van der Waals surface area contributed by atoms with Crippen LogP contribution in [-0.4, -0.2) is 34.6 Å². The molecule has 2 unspecified atom stereocenters. The Labute approximate surface area is 166 Å². The molecule has 3 aromatic rings. The molecule has 5 nitrogen and oxygen atoms in total. The highest BCUT2D eigenvalue weighted by Gasteiger charge is 2.40. The minimum Gasteiger partial charge on any atom is -0.507 e. The maximum Gasteiger partial charge on any atom is 0.263 e.